The van der Waals surface area contributed by atoms with Crippen LogP contribution in [0.3, 0.4) is 0 Å². The van der Waals surface area contributed by atoms with E-state index in [1.54, 1.807) is 6.07 Å². The Hall–Kier alpha value is -2.18. The van der Waals surface area contributed by atoms with Gasteiger partial charge < -0.3 is 19.5 Å². The Morgan fingerprint density at radius 3 is 2.74 bits per heavy atom. The molecule has 2 aromatic rings. The molecule has 0 spiro atoms. The fraction of sp³-hybridized carbons (Fsp3) is 0.412. The summed E-state index contributed by atoms with van der Waals surface area (Å²) in [6, 6.07) is 11.5. The number of aliphatic carboxylic acids is 1. The smallest absolute Gasteiger partial charge is 0.304 e. The molecule has 0 saturated carbocycles. The van der Waals surface area contributed by atoms with Crippen molar-refractivity contribution < 1.29 is 24.3 Å². The molecule has 6 heteroatoms. The monoisotopic (exact) mass is 319 g/mol. The van der Waals surface area contributed by atoms with Gasteiger partial charge in [0, 0.05) is 18.6 Å². The van der Waals surface area contributed by atoms with Crippen LogP contribution in [0.5, 0.6) is 0 Å². The molecule has 0 bridgehead atoms. The molecule has 23 heavy (non-hydrogen) atoms. The average molecular weight is 319 g/mol. The van der Waals surface area contributed by atoms with Crippen LogP contribution < -0.4 is 0 Å². The van der Waals surface area contributed by atoms with Gasteiger partial charge in [-0.05, 0) is 18.4 Å². The summed E-state index contributed by atoms with van der Waals surface area (Å²) < 4.78 is 10.7. The van der Waals surface area contributed by atoms with Crippen LogP contribution in [-0.4, -0.2) is 27.9 Å². The van der Waals surface area contributed by atoms with Crippen LogP contribution in [0, 0.1) is 0 Å². The lowest BCUT2D eigenvalue weighted by Gasteiger charge is -2.11. The molecule has 6 nitrogen and oxygen atoms in total. The number of hydrogen-bond donors (Lipinski definition) is 2. The molecule has 0 aliphatic rings. The first-order chi connectivity index (χ1) is 11.2. The van der Waals surface area contributed by atoms with E-state index < -0.39 is 5.97 Å². The second kappa shape index (κ2) is 9.07. The SMILES string of the molecule is O=C(O)C[C@H](CCCOCc1ccccc1)c1cc(CO)no1. The van der Waals surface area contributed by atoms with Gasteiger partial charge in [0.15, 0.2) is 0 Å². The fourth-order valence-corrected chi connectivity index (χ4v) is 2.35. The predicted molar refractivity (Wildman–Crippen MR) is 82.8 cm³/mol. The van der Waals surface area contributed by atoms with Crippen molar-refractivity contribution in [2.75, 3.05) is 6.61 Å². The minimum absolute atomic E-state index is 0.0290. The van der Waals surface area contributed by atoms with Gasteiger partial charge in [-0.3, -0.25) is 4.79 Å². The molecule has 2 N–H and O–H groups in total. The van der Waals surface area contributed by atoms with Gasteiger partial charge in [0.05, 0.1) is 19.6 Å². The van der Waals surface area contributed by atoms with E-state index in [0.29, 0.717) is 31.1 Å². The number of carboxylic acid groups (broad SMARTS) is 1. The molecule has 0 saturated heterocycles. The van der Waals surface area contributed by atoms with Gasteiger partial charge in [-0.1, -0.05) is 35.5 Å². The van der Waals surface area contributed by atoms with Gasteiger partial charge in [0.25, 0.3) is 0 Å². The second-order valence-corrected chi connectivity index (χ2v) is 5.35. The highest BCUT2D eigenvalue weighted by Gasteiger charge is 2.20. The summed E-state index contributed by atoms with van der Waals surface area (Å²) in [5.74, 6) is -0.651. The molecule has 0 aliphatic heterocycles. The van der Waals surface area contributed by atoms with E-state index in [-0.39, 0.29) is 18.9 Å². The maximum Gasteiger partial charge on any atom is 0.304 e. The third-order valence-corrected chi connectivity index (χ3v) is 3.52. The zero-order chi connectivity index (χ0) is 16.5. The second-order valence-electron chi connectivity index (χ2n) is 5.35. The summed E-state index contributed by atoms with van der Waals surface area (Å²) in [4.78, 5) is 11.0. The van der Waals surface area contributed by atoms with Crippen LogP contribution >= 0.6 is 0 Å². The van der Waals surface area contributed by atoms with Crippen molar-refractivity contribution in [2.45, 2.75) is 38.4 Å². The number of aliphatic hydroxyl groups excluding tert-OH is 1. The first-order valence-corrected chi connectivity index (χ1v) is 7.59. The molecule has 1 heterocycles. The van der Waals surface area contributed by atoms with Crippen LogP contribution in [0.15, 0.2) is 40.9 Å². The maximum absolute atomic E-state index is 11.0. The van der Waals surface area contributed by atoms with Crippen molar-refractivity contribution in [3.8, 4) is 0 Å². The fourth-order valence-electron chi connectivity index (χ4n) is 2.35. The van der Waals surface area contributed by atoms with E-state index in [1.807, 2.05) is 30.3 Å². The van der Waals surface area contributed by atoms with Crippen LogP contribution in [0.1, 0.15) is 42.2 Å². The van der Waals surface area contributed by atoms with Crippen molar-refractivity contribution in [1.29, 1.82) is 0 Å². The molecule has 0 aliphatic carbocycles. The lowest BCUT2D eigenvalue weighted by Crippen LogP contribution is -2.07. The van der Waals surface area contributed by atoms with Crippen molar-refractivity contribution in [2.24, 2.45) is 0 Å². The standard InChI is InChI=1S/C17H21NO5/c19-11-15-10-16(23-18-15)14(9-17(20)21)7-4-8-22-12-13-5-2-1-3-6-13/h1-3,5-6,10,14,19H,4,7-9,11-12H2,(H,20,21)/t14-/m0/s1. The van der Waals surface area contributed by atoms with E-state index in [9.17, 15) is 4.79 Å². The van der Waals surface area contributed by atoms with E-state index >= 15 is 0 Å². The number of aliphatic hydroxyl groups is 1. The lowest BCUT2D eigenvalue weighted by molar-refractivity contribution is -0.137. The molecule has 0 unspecified atom stereocenters. The Balaban J connectivity index is 1.78. The minimum Gasteiger partial charge on any atom is -0.481 e. The highest BCUT2D eigenvalue weighted by Crippen LogP contribution is 2.26. The largest absolute Gasteiger partial charge is 0.481 e. The molecule has 0 fully saturated rings. The molecule has 1 atom stereocenters. The first-order valence-electron chi connectivity index (χ1n) is 7.59. The molecule has 0 amide bonds. The zero-order valence-electron chi connectivity index (χ0n) is 12.9. The average Bonchev–Trinajstić information content (AvgIpc) is 3.03. The van der Waals surface area contributed by atoms with Gasteiger partial charge in [0.1, 0.15) is 11.5 Å². The highest BCUT2D eigenvalue weighted by atomic mass is 16.5. The van der Waals surface area contributed by atoms with Crippen molar-refractivity contribution in [1.82, 2.24) is 5.16 Å². The van der Waals surface area contributed by atoms with Crippen LogP contribution in [0.25, 0.3) is 0 Å². The number of benzene rings is 1. The molecule has 0 radical (unpaired) electrons. The van der Waals surface area contributed by atoms with E-state index in [0.717, 1.165) is 12.0 Å². The number of carboxylic acids is 1. The summed E-state index contributed by atoms with van der Waals surface area (Å²) in [7, 11) is 0. The van der Waals surface area contributed by atoms with Crippen LogP contribution in [0.2, 0.25) is 0 Å². The predicted octanol–water partition coefficient (Wildman–Crippen LogP) is 2.72. The van der Waals surface area contributed by atoms with Gasteiger partial charge >= 0.3 is 5.97 Å². The number of aromatic nitrogens is 1. The summed E-state index contributed by atoms with van der Waals surface area (Å²) >= 11 is 0. The van der Waals surface area contributed by atoms with Crippen molar-refractivity contribution >= 4 is 5.97 Å². The molecule has 1 aromatic heterocycles. The minimum atomic E-state index is -0.887. The quantitative estimate of drug-likeness (QED) is 0.654. The maximum atomic E-state index is 11.0. The number of hydrogen-bond acceptors (Lipinski definition) is 5. The van der Waals surface area contributed by atoms with Crippen LogP contribution in [-0.2, 0) is 22.7 Å². The zero-order valence-corrected chi connectivity index (χ0v) is 12.9. The number of ether oxygens (including phenoxy) is 1. The van der Waals surface area contributed by atoms with Gasteiger partial charge in [-0.25, -0.2) is 0 Å². The lowest BCUT2D eigenvalue weighted by atomic mass is 9.96. The Morgan fingerprint density at radius 2 is 2.09 bits per heavy atom. The van der Waals surface area contributed by atoms with Gasteiger partial charge in [-0.2, -0.15) is 0 Å². The Bertz CT molecular complexity index is 596. The highest BCUT2D eigenvalue weighted by molar-refractivity contribution is 5.67. The van der Waals surface area contributed by atoms with Gasteiger partial charge in [-0.15, -0.1) is 0 Å². The Labute approximate surface area is 134 Å². The summed E-state index contributed by atoms with van der Waals surface area (Å²) in [5.41, 5.74) is 1.52. The Morgan fingerprint density at radius 1 is 1.30 bits per heavy atom. The third kappa shape index (κ3) is 5.84. The molecule has 124 valence electrons. The topological polar surface area (TPSA) is 92.8 Å². The summed E-state index contributed by atoms with van der Waals surface area (Å²) in [5, 5.41) is 21.7. The van der Waals surface area contributed by atoms with Crippen molar-refractivity contribution in [3.63, 3.8) is 0 Å². The van der Waals surface area contributed by atoms with Crippen molar-refractivity contribution in [3.05, 3.63) is 53.4 Å². The summed E-state index contributed by atoms with van der Waals surface area (Å²) in [6.07, 6.45) is 1.32. The van der Waals surface area contributed by atoms with Gasteiger partial charge in [0.2, 0.25) is 0 Å². The Kier molecular flexibility index (Phi) is 6.77. The van der Waals surface area contributed by atoms with E-state index in [2.05, 4.69) is 5.16 Å². The molecule has 2 rings (SSSR count). The normalized spacial score (nSPS) is 12.2. The third-order valence-electron chi connectivity index (χ3n) is 3.52. The molecular formula is C17H21NO5. The number of nitrogens with zero attached hydrogens (tertiary/aromatic N) is 1. The molecular weight excluding hydrogens is 298 g/mol. The van der Waals surface area contributed by atoms with E-state index in [4.69, 9.17) is 19.5 Å². The molecule has 1 aromatic carbocycles. The number of carbonyl (C=O) groups is 1. The summed E-state index contributed by atoms with van der Waals surface area (Å²) in [6.45, 7) is 0.872. The van der Waals surface area contributed by atoms with Crippen LogP contribution in [0.4, 0.5) is 0 Å². The number of rotatable bonds is 10. The first kappa shape index (κ1) is 17.2. The van der Waals surface area contributed by atoms with E-state index in [1.165, 1.54) is 0 Å².